The van der Waals surface area contributed by atoms with Crippen molar-refractivity contribution in [2.45, 2.75) is 73.5 Å². The summed E-state index contributed by atoms with van der Waals surface area (Å²) in [4.78, 5) is 87.8. The van der Waals surface area contributed by atoms with Crippen molar-refractivity contribution in [1.82, 2.24) is 31.1 Å². The van der Waals surface area contributed by atoms with Crippen LogP contribution in [0, 0.1) is 23.7 Å². The van der Waals surface area contributed by atoms with Crippen molar-refractivity contribution in [1.29, 1.82) is 0 Å². The van der Waals surface area contributed by atoms with Gasteiger partial charge in [0.05, 0.1) is 23.7 Å². The molecular weight excluding hydrogens is 994 g/mol. The zero-order valence-corrected chi connectivity index (χ0v) is 42.0. The molecule has 2 aliphatic heterocycles. The number of hydrogen-bond donors (Lipinski definition) is 4. The van der Waals surface area contributed by atoms with Gasteiger partial charge in [0, 0.05) is 105 Å². The van der Waals surface area contributed by atoms with E-state index >= 15 is 0 Å². The van der Waals surface area contributed by atoms with Gasteiger partial charge in [0.1, 0.15) is 0 Å². The van der Waals surface area contributed by atoms with Crippen molar-refractivity contribution in [3.63, 3.8) is 0 Å². The Labute approximate surface area is 437 Å². The van der Waals surface area contributed by atoms with Gasteiger partial charge in [-0.05, 0) is 121 Å². The van der Waals surface area contributed by atoms with Gasteiger partial charge in [-0.1, -0.05) is 94.9 Å². The number of benzene rings is 5. The van der Waals surface area contributed by atoms with Gasteiger partial charge in [-0.3, -0.25) is 28.8 Å². The second kappa shape index (κ2) is 19.8. The third kappa shape index (κ3) is 10.5. The topological polar surface area (TPSA) is 157 Å². The van der Waals surface area contributed by atoms with Crippen molar-refractivity contribution in [3.8, 4) is 0 Å². The summed E-state index contributed by atoms with van der Waals surface area (Å²) in [5, 5.41) is 15.2. The first kappa shape index (κ1) is 48.4. The highest BCUT2D eigenvalue weighted by atomic mass is 35.5. The van der Waals surface area contributed by atoms with Gasteiger partial charge >= 0.3 is 0 Å². The fourth-order valence-corrected chi connectivity index (χ4v) is 11.5. The molecule has 370 valence electrons. The van der Waals surface area contributed by atoms with Crippen molar-refractivity contribution in [2.75, 3.05) is 26.2 Å². The molecule has 5 aromatic carbocycles. The van der Waals surface area contributed by atoms with E-state index in [1.54, 1.807) is 34.1 Å². The smallest absolute Gasteiger partial charge is 0.253 e. The summed E-state index contributed by atoms with van der Waals surface area (Å²) in [5.41, 5.74) is 4.86. The molecule has 6 fully saturated rings. The molecular formula is C56H52Cl4N6O6. The van der Waals surface area contributed by atoms with E-state index in [2.05, 4.69) is 21.3 Å². The zero-order chi connectivity index (χ0) is 49.9. The summed E-state index contributed by atoms with van der Waals surface area (Å²) in [5.74, 6) is -4.49. The first-order valence-corrected chi connectivity index (χ1v) is 26.2. The van der Waals surface area contributed by atoms with Crippen LogP contribution in [0.15, 0.2) is 121 Å². The van der Waals surface area contributed by atoms with Crippen LogP contribution in [0.5, 0.6) is 0 Å². The number of nitrogens with one attached hydrogen (secondary N) is 4. The lowest BCUT2D eigenvalue weighted by Gasteiger charge is -2.18. The van der Waals surface area contributed by atoms with Gasteiger partial charge in [0.25, 0.3) is 11.8 Å². The van der Waals surface area contributed by atoms with E-state index < -0.39 is 23.7 Å². The number of amides is 6. The highest BCUT2D eigenvalue weighted by Crippen LogP contribution is 2.45. The number of halogens is 4. The highest BCUT2D eigenvalue weighted by Gasteiger charge is 2.51. The van der Waals surface area contributed by atoms with Crippen LogP contribution in [-0.4, -0.2) is 95.6 Å². The first-order chi connectivity index (χ1) is 34.7. The summed E-state index contributed by atoms with van der Waals surface area (Å²) >= 11 is 24.5. The molecule has 2 saturated heterocycles. The third-order valence-corrected chi connectivity index (χ3v) is 16.6. The molecule has 0 bridgehead atoms. The monoisotopic (exact) mass is 1040 g/mol. The third-order valence-electron chi connectivity index (χ3n) is 15.6. The Morgan fingerprint density at radius 2 is 0.542 bits per heavy atom. The Hall–Kier alpha value is -5.92. The van der Waals surface area contributed by atoms with Crippen LogP contribution in [-0.2, 0) is 19.2 Å². The molecule has 0 radical (unpaired) electrons. The van der Waals surface area contributed by atoms with Gasteiger partial charge in [-0.25, -0.2) is 0 Å². The largest absolute Gasteiger partial charge is 0.352 e. The lowest BCUT2D eigenvalue weighted by Crippen LogP contribution is -2.43. The quantitative estimate of drug-likeness (QED) is 0.0876. The number of carbonyl (C=O) groups is 6. The SMILES string of the molecule is O=C(N[C@H]1C[C@@H]1c1ccc(Cl)cc1)[C@@H]1CN(C(=O)c2ccc(C(=O)N3C[C@@H](C(=O)N[C@H]4C[C@@H]4c4ccc(Cl)cc4)[C@H](C(=O)N[C@@H]4C[C@H]4c4ccc(Cl)cc4)C3)cc2)C[C@H]1C(=O)N[C@H]1C[C@@H]1c1ccc(Cl)cc1. The predicted molar refractivity (Wildman–Crippen MR) is 275 cm³/mol. The van der Waals surface area contributed by atoms with E-state index in [0.29, 0.717) is 20.1 Å². The average Bonchev–Trinajstić information content (AvgIpc) is 4.32. The predicted octanol–water partition coefficient (Wildman–Crippen LogP) is 8.37. The second-order valence-corrected chi connectivity index (χ2v) is 22.2. The van der Waals surface area contributed by atoms with Gasteiger partial charge in [-0.15, -0.1) is 0 Å². The van der Waals surface area contributed by atoms with E-state index in [4.69, 9.17) is 46.4 Å². The Morgan fingerprint density at radius 3 is 0.750 bits per heavy atom. The van der Waals surface area contributed by atoms with Crippen LogP contribution in [0.2, 0.25) is 20.1 Å². The summed E-state index contributed by atoms with van der Waals surface area (Å²) in [7, 11) is 0. The molecule has 4 saturated carbocycles. The molecule has 6 aliphatic rings. The molecule has 12 nitrogen and oxygen atoms in total. The minimum absolute atomic E-state index is 0.0380. The fourth-order valence-electron chi connectivity index (χ4n) is 11.0. The Kier molecular flexibility index (Phi) is 13.3. The van der Waals surface area contributed by atoms with Crippen LogP contribution < -0.4 is 21.3 Å². The first-order valence-electron chi connectivity index (χ1n) is 24.7. The number of likely N-dealkylation sites (tertiary alicyclic amines) is 2. The Balaban J connectivity index is 0.757. The van der Waals surface area contributed by atoms with E-state index in [-0.39, 0.29) is 121 Å². The van der Waals surface area contributed by atoms with Crippen LogP contribution in [0.3, 0.4) is 0 Å². The lowest BCUT2D eigenvalue weighted by molar-refractivity contribution is -0.133. The van der Waals surface area contributed by atoms with Crippen LogP contribution in [0.4, 0.5) is 0 Å². The molecule has 16 heteroatoms. The number of hydrogen-bond acceptors (Lipinski definition) is 6. The highest BCUT2D eigenvalue weighted by molar-refractivity contribution is 6.31. The zero-order valence-electron chi connectivity index (χ0n) is 39.0. The van der Waals surface area contributed by atoms with Crippen molar-refractivity contribution >= 4 is 81.8 Å². The average molecular weight is 1050 g/mol. The Morgan fingerprint density at radius 1 is 0.333 bits per heavy atom. The van der Waals surface area contributed by atoms with Crippen molar-refractivity contribution in [2.24, 2.45) is 23.7 Å². The normalized spacial score (nSPS) is 28.7. The molecule has 4 aliphatic carbocycles. The maximum atomic E-state index is 14.2. The Bertz CT molecular complexity index is 2560. The second-order valence-electron chi connectivity index (χ2n) is 20.5. The molecule has 5 aromatic rings. The van der Waals surface area contributed by atoms with Crippen molar-refractivity contribution < 1.29 is 28.8 Å². The lowest BCUT2D eigenvalue weighted by atomic mass is 9.94. The minimum atomic E-state index is -0.786. The molecule has 12 atom stereocenters. The van der Waals surface area contributed by atoms with Gasteiger partial charge < -0.3 is 31.1 Å². The number of carbonyl (C=O) groups excluding carboxylic acids is 6. The summed E-state index contributed by atoms with van der Waals surface area (Å²) in [6.45, 7) is 0.152. The number of rotatable bonds is 14. The molecule has 0 spiro atoms. The van der Waals surface area contributed by atoms with E-state index in [9.17, 15) is 28.8 Å². The summed E-state index contributed by atoms with van der Waals surface area (Å²) in [6, 6.07) is 36.1. The van der Waals surface area contributed by atoms with Gasteiger partial charge in [0.15, 0.2) is 0 Å². The van der Waals surface area contributed by atoms with E-state index in [1.165, 1.54) is 0 Å². The molecule has 6 amide bonds. The number of nitrogens with zero attached hydrogens (tertiary/aromatic N) is 2. The molecule has 4 N–H and O–H groups in total. The van der Waals surface area contributed by atoms with Gasteiger partial charge in [-0.2, -0.15) is 0 Å². The van der Waals surface area contributed by atoms with Crippen LogP contribution >= 0.6 is 46.4 Å². The summed E-state index contributed by atoms with van der Waals surface area (Å²) in [6.07, 6.45) is 3.03. The molecule has 0 unspecified atom stereocenters. The van der Waals surface area contributed by atoms with E-state index in [1.807, 2.05) is 97.1 Å². The fraction of sp³-hybridized carbons (Fsp3) is 0.357. The van der Waals surface area contributed by atoms with Gasteiger partial charge in [0.2, 0.25) is 23.6 Å². The summed E-state index contributed by atoms with van der Waals surface area (Å²) < 4.78 is 0. The molecule has 72 heavy (non-hydrogen) atoms. The van der Waals surface area contributed by atoms with Crippen LogP contribution in [0.25, 0.3) is 0 Å². The van der Waals surface area contributed by atoms with Crippen LogP contribution in [0.1, 0.15) is 92.3 Å². The van der Waals surface area contributed by atoms with E-state index in [0.717, 1.165) is 47.9 Å². The maximum absolute atomic E-state index is 14.2. The minimum Gasteiger partial charge on any atom is -0.352 e. The molecule has 0 aromatic heterocycles. The standard InChI is InChI=1S/C56H52Cl4N6O6/c57-35-13-5-29(6-14-35)39-21-47(39)61-51(67)43-25-65(26-44(43)52(68)62-48-22-40(48)30-7-15-36(58)16-8-30)55(71)33-1-2-34(4-3-33)56(72)66-27-45(53(69)63-49-23-41(49)31-9-17-37(59)18-10-31)46(28-66)54(70)64-50-24-42(50)32-11-19-38(60)20-12-32/h1-20,39-50H,21-28H2,(H,61,67)(H,62,68)(H,63,69)(H,64,70)/t39-,40-,41-,42+,43-,44-,45-,46-,47+,48+,49+,50-/m1/s1. The maximum Gasteiger partial charge on any atom is 0.253 e. The van der Waals surface area contributed by atoms with Crippen molar-refractivity contribution in [3.05, 3.63) is 175 Å². The molecule has 2 heterocycles. The molecule has 11 rings (SSSR count).